The minimum Gasteiger partial charge on any atom is -0.0897 e. The average Bonchev–Trinajstić information content (AvgIpc) is 3.20. The van der Waals surface area contributed by atoms with Gasteiger partial charge in [-0.15, -0.1) is 0 Å². The molecule has 0 aromatic carbocycles. The molecule has 2 aliphatic rings. The quantitative estimate of drug-likeness (QED) is 0.261. The van der Waals surface area contributed by atoms with Crippen molar-refractivity contribution in [2.24, 2.45) is 23.2 Å². The minimum absolute atomic E-state index is 0.469. The molecule has 1 saturated carbocycles. The second kappa shape index (κ2) is 9.86. The Morgan fingerprint density at radius 2 is 1.54 bits per heavy atom. The molecule has 0 N–H and O–H groups in total. The highest BCUT2D eigenvalue weighted by Crippen LogP contribution is 2.61. The Hall–Kier alpha value is -0.715. The molecule has 0 radical (unpaired) electrons. The highest BCUT2D eigenvalue weighted by atomic mass is 14.5. The van der Waals surface area contributed by atoms with Gasteiger partial charge in [0.25, 0.3) is 0 Å². The summed E-state index contributed by atoms with van der Waals surface area (Å²) < 4.78 is 0. The van der Waals surface area contributed by atoms with Crippen molar-refractivity contribution in [1.82, 2.24) is 0 Å². The normalized spacial score (nSPS) is 26.5. The van der Waals surface area contributed by atoms with Crippen molar-refractivity contribution in [1.29, 1.82) is 0 Å². The molecule has 2 aliphatic carbocycles. The van der Waals surface area contributed by atoms with E-state index in [9.17, 15) is 0 Å². The summed E-state index contributed by atoms with van der Waals surface area (Å²) in [7, 11) is 0. The van der Waals surface area contributed by atoms with Crippen LogP contribution in [0.5, 0.6) is 0 Å². The molecule has 0 spiro atoms. The summed E-state index contributed by atoms with van der Waals surface area (Å²) >= 11 is 0. The molecule has 0 aromatic heterocycles. The highest BCUT2D eigenvalue weighted by molar-refractivity contribution is 6.65. The number of rotatable bonds is 10. The summed E-state index contributed by atoms with van der Waals surface area (Å²) in [5.41, 5.74) is 3.45. The van der Waals surface area contributed by atoms with E-state index in [4.69, 9.17) is 0 Å². The molecule has 1 heteroatoms. The zero-order valence-corrected chi connectivity index (χ0v) is 20.4. The molecule has 5 atom stereocenters. The van der Waals surface area contributed by atoms with Crippen molar-refractivity contribution >= 4 is 6.71 Å². The van der Waals surface area contributed by atoms with E-state index in [1.807, 2.05) is 0 Å². The molecule has 5 unspecified atom stereocenters. The van der Waals surface area contributed by atoms with E-state index in [0.717, 1.165) is 18.4 Å². The lowest BCUT2D eigenvalue weighted by Gasteiger charge is -2.46. The van der Waals surface area contributed by atoms with Gasteiger partial charge in [-0.2, -0.15) is 0 Å². The molecular weight excluding hydrogens is 335 g/mol. The summed E-state index contributed by atoms with van der Waals surface area (Å²) in [6.45, 7) is 22.2. The van der Waals surface area contributed by atoms with E-state index in [2.05, 4.69) is 86.6 Å². The van der Waals surface area contributed by atoms with E-state index in [-0.39, 0.29) is 0 Å². The topological polar surface area (TPSA) is 0 Å². The van der Waals surface area contributed by atoms with Crippen LogP contribution >= 0.6 is 0 Å². The van der Waals surface area contributed by atoms with Gasteiger partial charge in [0.05, 0.1) is 0 Å². The van der Waals surface area contributed by atoms with Gasteiger partial charge >= 0.3 is 0 Å². The SMILES string of the molecule is CCCC(B(C(C=C(C)C)C(C)C)C(C=C(C)C)C(C)C)C12C=CC(CC1)C2. The van der Waals surface area contributed by atoms with Crippen molar-refractivity contribution in [3.63, 3.8) is 0 Å². The third-order valence-corrected chi connectivity index (χ3v) is 7.61. The van der Waals surface area contributed by atoms with Crippen LogP contribution in [0.15, 0.2) is 35.5 Å². The molecule has 158 valence electrons. The first-order valence-electron chi connectivity index (χ1n) is 12.1. The van der Waals surface area contributed by atoms with Gasteiger partial charge in [0.1, 0.15) is 0 Å². The largest absolute Gasteiger partial charge is 0.159 e. The van der Waals surface area contributed by atoms with Crippen LogP contribution in [0.2, 0.25) is 17.5 Å². The fourth-order valence-corrected chi connectivity index (χ4v) is 6.48. The Morgan fingerprint density at radius 3 is 1.82 bits per heavy atom. The first kappa shape index (κ1) is 23.6. The first-order valence-corrected chi connectivity index (χ1v) is 12.1. The smallest absolute Gasteiger partial charge is 0.0897 e. The van der Waals surface area contributed by atoms with E-state index >= 15 is 0 Å². The lowest BCUT2D eigenvalue weighted by molar-refractivity contribution is 0.342. The molecule has 28 heavy (non-hydrogen) atoms. The van der Waals surface area contributed by atoms with Gasteiger partial charge in [-0.05, 0) is 81.8 Å². The molecular formula is C27H47B. The Labute approximate surface area is 177 Å². The molecule has 1 fully saturated rings. The van der Waals surface area contributed by atoms with Crippen LogP contribution in [0.4, 0.5) is 0 Å². The second-order valence-corrected chi connectivity index (χ2v) is 11.2. The lowest BCUT2D eigenvalue weighted by atomic mass is 9.21. The van der Waals surface area contributed by atoms with Crippen LogP contribution in [-0.4, -0.2) is 6.71 Å². The fourth-order valence-electron chi connectivity index (χ4n) is 6.48. The standard InChI is InChI=1S/C27H47B/c1-10-11-26(27-14-12-23(18-27)13-15-27)28(24(21(6)7)16-19(2)3)25(22(8)9)17-20(4)5/h12,14,16-17,21-26H,10-11,13,15,18H2,1-9H3. The van der Waals surface area contributed by atoms with Crippen LogP contribution in [0.1, 0.15) is 94.4 Å². The van der Waals surface area contributed by atoms with Crippen LogP contribution in [-0.2, 0) is 0 Å². The molecule has 0 saturated heterocycles. The number of hydrogen-bond donors (Lipinski definition) is 0. The van der Waals surface area contributed by atoms with Gasteiger partial charge in [-0.3, -0.25) is 0 Å². The Morgan fingerprint density at radius 1 is 1.00 bits per heavy atom. The van der Waals surface area contributed by atoms with E-state index in [0.29, 0.717) is 28.9 Å². The summed E-state index contributed by atoms with van der Waals surface area (Å²) in [5.74, 6) is 4.35. The van der Waals surface area contributed by atoms with Crippen LogP contribution in [0, 0.1) is 23.2 Å². The van der Waals surface area contributed by atoms with E-state index in [1.165, 1.54) is 43.3 Å². The third kappa shape index (κ3) is 5.25. The maximum Gasteiger partial charge on any atom is 0.159 e. The molecule has 0 heterocycles. The van der Waals surface area contributed by atoms with Crippen molar-refractivity contribution < 1.29 is 0 Å². The summed E-state index contributed by atoms with van der Waals surface area (Å²) in [6, 6.07) is 0. The molecule has 0 aliphatic heterocycles. The third-order valence-electron chi connectivity index (χ3n) is 7.61. The fraction of sp³-hybridized carbons (Fsp3) is 0.778. The maximum absolute atomic E-state index is 2.67. The summed E-state index contributed by atoms with van der Waals surface area (Å²) in [6.07, 6.45) is 17.5. The molecule has 2 bridgehead atoms. The summed E-state index contributed by atoms with van der Waals surface area (Å²) in [4.78, 5) is 0. The number of allylic oxidation sites excluding steroid dienone is 6. The Kier molecular flexibility index (Phi) is 8.30. The van der Waals surface area contributed by atoms with E-state index < -0.39 is 0 Å². The van der Waals surface area contributed by atoms with Gasteiger partial charge in [-0.25, -0.2) is 0 Å². The maximum atomic E-state index is 2.67. The van der Waals surface area contributed by atoms with E-state index in [1.54, 1.807) is 0 Å². The lowest BCUT2D eigenvalue weighted by Crippen LogP contribution is -2.42. The van der Waals surface area contributed by atoms with Crippen LogP contribution in [0.25, 0.3) is 0 Å². The van der Waals surface area contributed by atoms with Gasteiger partial charge in [-0.1, -0.05) is 88.7 Å². The van der Waals surface area contributed by atoms with Crippen molar-refractivity contribution in [3.8, 4) is 0 Å². The highest BCUT2D eigenvalue weighted by Gasteiger charge is 2.52. The Balaban J connectivity index is 2.61. The monoisotopic (exact) mass is 382 g/mol. The van der Waals surface area contributed by atoms with Gasteiger partial charge in [0, 0.05) is 0 Å². The van der Waals surface area contributed by atoms with Crippen molar-refractivity contribution in [3.05, 3.63) is 35.5 Å². The van der Waals surface area contributed by atoms with Crippen molar-refractivity contribution in [2.75, 3.05) is 0 Å². The molecule has 2 rings (SSSR count). The van der Waals surface area contributed by atoms with Crippen LogP contribution < -0.4 is 0 Å². The predicted octanol–water partition coefficient (Wildman–Crippen LogP) is 8.99. The average molecular weight is 382 g/mol. The molecule has 0 nitrogen and oxygen atoms in total. The number of hydrogen-bond acceptors (Lipinski definition) is 0. The number of fused-ring (bicyclic) bond motifs is 2. The second-order valence-electron chi connectivity index (χ2n) is 11.2. The zero-order chi connectivity index (χ0) is 21.1. The molecule has 0 aromatic rings. The predicted molar refractivity (Wildman–Crippen MR) is 129 cm³/mol. The van der Waals surface area contributed by atoms with Gasteiger partial charge in [0.15, 0.2) is 6.71 Å². The van der Waals surface area contributed by atoms with Crippen LogP contribution in [0.3, 0.4) is 0 Å². The van der Waals surface area contributed by atoms with Gasteiger partial charge < -0.3 is 0 Å². The van der Waals surface area contributed by atoms with Gasteiger partial charge in [0.2, 0.25) is 0 Å². The minimum atomic E-state index is 0.469. The Bertz CT molecular complexity index is 555. The van der Waals surface area contributed by atoms with Crippen molar-refractivity contribution in [2.45, 2.75) is 112 Å². The first-order chi connectivity index (χ1) is 13.1. The zero-order valence-electron chi connectivity index (χ0n) is 20.4. The summed E-state index contributed by atoms with van der Waals surface area (Å²) in [5, 5.41) is 0. The molecule has 0 amide bonds.